The first-order chi connectivity index (χ1) is 9.32. The van der Waals surface area contributed by atoms with Crippen LogP contribution in [0.25, 0.3) is 0 Å². The number of halogens is 1. The van der Waals surface area contributed by atoms with Gasteiger partial charge in [0.15, 0.2) is 0 Å². The molecule has 1 unspecified atom stereocenters. The van der Waals surface area contributed by atoms with Crippen molar-refractivity contribution in [1.82, 2.24) is 10.6 Å². The third kappa shape index (κ3) is 5.57. The van der Waals surface area contributed by atoms with Gasteiger partial charge in [-0.05, 0) is 29.5 Å². The highest BCUT2D eigenvalue weighted by molar-refractivity contribution is 5.74. The highest BCUT2D eigenvalue weighted by atomic mass is 19.1. The molecule has 1 rings (SSSR count). The molecular formula is C15H23FN2O2. The van der Waals surface area contributed by atoms with E-state index in [-0.39, 0.29) is 29.9 Å². The molecule has 0 aliphatic heterocycles. The summed E-state index contributed by atoms with van der Waals surface area (Å²) >= 11 is 0. The van der Waals surface area contributed by atoms with Crippen LogP contribution in [0.4, 0.5) is 9.18 Å². The van der Waals surface area contributed by atoms with Crippen LogP contribution in [0.3, 0.4) is 0 Å². The SMILES string of the molecule is CC(C)(C)C(CCO)NC(=O)NCc1ccc(F)cc1. The Morgan fingerprint density at radius 3 is 2.40 bits per heavy atom. The lowest BCUT2D eigenvalue weighted by Crippen LogP contribution is -2.48. The van der Waals surface area contributed by atoms with Crippen molar-refractivity contribution in [3.05, 3.63) is 35.6 Å². The van der Waals surface area contributed by atoms with Crippen LogP contribution in [0, 0.1) is 11.2 Å². The van der Waals surface area contributed by atoms with Gasteiger partial charge >= 0.3 is 6.03 Å². The van der Waals surface area contributed by atoms with Crippen LogP contribution >= 0.6 is 0 Å². The summed E-state index contributed by atoms with van der Waals surface area (Å²) in [4.78, 5) is 11.8. The van der Waals surface area contributed by atoms with Crippen LogP contribution in [-0.4, -0.2) is 23.8 Å². The van der Waals surface area contributed by atoms with E-state index in [9.17, 15) is 9.18 Å². The lowest BCUT2D eigenvalue weighted by Gasteiger charge is -2.31. The lowest BCUT2D eigenvalue weighted by molar-refractivity contribution is 0.189. The van der Waals surface area contributed by atoms with Crippen LogP contribution < -0.4 is 10.6 Å². The van der Waals surface area contributed by atoms with Gasteiger partial charge in [-0.3, -0.25) is 0 Å². The standard InChI is InChI=1S/C15H23FN2O2/c1-15(2,3)13(8-9-19)18-14(20)17-10-11-4-6-12(16)7-5-11/h4-7,13,19H,8-10H2,1-3H3,(H2,17,18,20). The zero-order chi connectivity index (χ0) is 15.2. The van der Waals surface area contributed by atoms with Crippen molar-refractivity contribution in [2.75, 3.05) is 6.61 Å². The minimum Gasteiger partial charge on any atom is -0.396 e. The molecule has 0 heterocycles. The summed E-state index contributed by atoms with van der Waals surface area (Å²) in [7, 11) is 0. The summed E-state index contributed by atoms with van der Waals surface area (Å²) in [5, 5.41) is 14.6. The fraction of sp³-hybridized carbons (Fsp3) is 0.533. The quantitative estimate of drug-likeness (QED) is 0.776. The molecule has 20 heavy (non-hydrogen) atoms. The van der Waals surface area contributed by atoms with Gasteiger partial charge < -0.3 is 15.7 Å². The number of urea groups is 1. The molecule has 0 fully saturated rings. The molecule has 0 radical (unpaired) electrons. The van der Waals surface area contributed by atoms with Crippen LogP contribution in [0.2, 0.25) is 0 Å². The smallest absolute Gasteiger partial charge is 0.315 e. The number of rotatable bonds is 5. The lowest BCUT2D eigenvalue weighted by atomic mass is 9.85. The van der Waals surface area contributed by atoms with Crippen molar-refractivity contribution in [2.45, 2.75) is 39.8 Å². The number of aliphatic hydroxyl groups excluding tert-OH is 1. The maximum Gasteiger partial charge on any atom is 0.315 e. The van der Waals surface area contributed by atoms with E-state index in [1.165, 1.54) is 12.1 Å². The Morgan fingerprint density at radius 2 is 1.90 bits per heavy atom. The summed E-state index contributed by atoms with van der Waals surface area (Å²) in [5.41, 5.74) is 0.701. The molecule has 0 spiro atoms. The average Bonchev–Trinajstić information content (AvgIpc) is 2.36. The molecule has 1 aromatic rings. The number of carbonyl (C=O) groups is 1. The Bertz CT molecular complexity index is 426. The molecule has 1 aromatic carbocycles. The Labute approximate surface area is 119 Å². The Hall–Kier alpha value is -1.62. The van der Waals surface area contributed by atoms with Gasteiger partial charge in [0.2, 0.25) is 0 Å². The monoisotopic (exact) mass is 282 g/mol. The average molecular weight is 282 g/mol. The molecule has 2 amide bonds. The van der Waals surface area contributed by atoms with Crippen molar-refractivity contribution in [1.29, 1.82) is 0 Å². The Balaban J connectivity index is 2.47. The van der Waals surface area contributed by atoms with Crippen molar-refractivity contribution >= 4 is 6.03 Å². The number of amides is 2. The molecule has 0 saturated carbocycles. The van der Waals surface area contributed by atoms with Gasteiger partial charge in [-0.25, -0.2) is 9.18 Å². The number of hydrogen-bond donors (Lipinski definition) is 3. The van der Waals surface area contributed by atoms with Crippen molar-refractivity contribution < 1.29 is 14.3 Å². The number of aliphatic hydroxyl groups is 1. The van der Waals surface area contributed by atoms with E-state index in [1.54, 1.807) is 12.1 Å². The second kappa shape index (κ2) is 7.24. The summed E-state index contributed by atoms with van der Waals surface area (Å²) in [6.07, 6.45) is 0.507. The molecule has 112 valence electrons. The number of carbonyl (C=O) groups excluding carboxylic acids is 1. The van der Waals surface area contributed by atoms with Gasteiger partial charge in [0.1, 0.15) is 5.82 Å². The van der Waals surface area contributed by atoms with Crippen molar-refractivity contribution in [2.24, 2.45) is 5.41 Å². The van der Waals surface area contributed by atoms with Crippen LogP contribution in [0.1, 0.15) is 32.8 Å². The zero-order valence-corrected chi connectivity index (χ0v) is 12.2. The third-order valence-electron chi connectivity index (χ3n) is 3.13. The molecule has 0 saturated heterocycles. The third-order valence-corrected chi connectivity index (χ3v) is 3.13. The van der Waals surface area contributed by atoms with E-state index in [0.29, 0.717) is 13.0 Å². The van der Waals surface area contributed by atoms with Gasteiger partial charge in [-0.15, -0.1) is 0 Å². The number of hydrogen-bond acceptors (Lipinski definition) is 2. The molecule has 0 aliphatic rings. The van der Waals surface area contributed by atoms with Crippen LogP contribution in [0.5, 0.6) is 0 Å². The molecule has 0 aromatic heterocycles. The molecule has 1 atom stereocenters. The predicted octanol–water partition coefficient (Wildman–Crippen LogP) is 2.42. The van der Waals surface area contributed by atoms with Crippen molar-refractivity contribution in [3.8, 4) is 0 Å². The fourth-order valence-corrected chi connectivity index (χ4v) is 1.84. The zero-order valence-electron chi connectivity index (χ0n) is 12.2. The first kappa shape index (κ1) is 16.4. The molecule has 4 nitrogen and oxygen atoms in total. The number of nitrogens with one attached hydrogen (secondary N) is 2. The van der Waals surface area contributed by atoms with E-state index >= 15 is 0 Å². The topological polar surface area (TPSA) is 61.4 Å². The van der Waals surface area contributed by atoms with E-state index in [1.807, 2.05) is 20.8 Å². The minimum absolute atomic E-state index is 0.0280. The number of benzene rings is 1. The molecule has 3 N–H and O–H groups in total. The maximum absolute atomic E-state index is 12.8. The minimum atomic E-state index is -0.297. The van der Waals surface area contributed by atoms with Crippen molar-refractivity contribution in [3.63, 3.8) is 0 Å². The Kier molecular flexibility index (Phi) is 5.95. The highest BCUT2D eigenvalue weighted by Gasteiger charge is 2.25. The summed E-state index contributed by atoms with van der Waals surface area (Å²) in [5.74, 6) is -0.297. The van der Waals surface area contributed by atoms with E-state index in [2.05, 4.69) is 10.6 Å². The second-order valence-electron chi connectivity index (χ2n) is 5.88. The summed E-state index contributed by atoms with van der Waals surface area (Å²) in [6, 6.07) is 5.58. The molecular weight excluding hydrogens is 259 g/mol. The maximum atomic E-state index is 12.8. The molecule has 0 bridgehead atoms. The van der Waals surface area contributed by atoms with Gasteiger partial charge in [-0.2, -0.15) is 0 Å². The molecule has 5 heteroatoms. The van der Waals surface area contributed by atoms with Crippen LogP contribution in [-0.2, 0) is 6.54 Å². The highest BCUT2D eigenvalue weighted by Crippen LogP contribution is 2.21. The van der Waals surface area contributed by atoms with E-state index < -0.39 is 0 Å². The predicted molar refractivity (Wildman–Crippen MR) is 76.7 cm³/mol. The van der Waals surface area contributed by atoms with Crippen LogP contribution in [0.15, 0.2) is 24.3 Å². The first-order valence-corrected chi connectivity index (χ1v) is 6.72. The largest absolute Gasteiger partial charge is 0.396 e. The first-order valence-electron chi connectivity index (χ1n) is 6.72. The molecule has 0 aliphatic carbocycles. The Morgan fingerprint density at radius 1 is 1.30 bits per heavy atom. The summed E-state index contributed by atoms with van der Waals surface area (Å²) in [6.45, 7) is 6.39. The fourth-order valence-electron chi connectivity index (χ4n) is 1.84. The van der Waals surface area contributed by atoms with E-state index in [0.717, 1.165) is 5.56 Å². The van der Waals surface area contributed by atoms with E-state index in [4.69, 9.17) is 5.11 Å². The van der Waals surface area contributed by atoms with Gasteiger partial charge in [0.25, 0.3) is 0 Å². The second-order valence-corrected chi connectivity index (χ2v) is 5.88. The summed E-state index contributed by atoms with van der Waals surface area (Å²) < 4.78 is 12.8. The normalized spacial score (nSPS) is 12.8. The van der Waals surface area contributed by atoms with Gasteiger partial charge in [0.05, 0.1) is 0 Å². The van der Waals surface area contributed by atoms with Gasteiger partial charge in [0, 0.05) is 19.2 Å². The van der Waals surface area contributed by atoms with Gasteiger partial charge in [-0.1, -0.05) is 32.9 Å².